The Bertz CT molecular complexity index is 591. The minimum Gasteiger partial charge on any atom is -0.373 e. The molecule has 2 rings (SSSR count). The lowest BCUT2D eigenvalue weighted by atomic mass is 10.2. The Balaban J connectivity index is 2.20. The van der Waals surface area contributed by atoms with Crippen LogP contribution in [0.3, 0.4) is 0 Å². The highest BCUT2D eigenvalue weighted by Crippen LogP contribution is 2.09. The summed E-state index contributed by atoms with van der Waals surface area (Å²) in [5.74, 6) is 0.684. The van der Waals surface area contributed by atoms with Crippen molar-refractivity contribution in [1.29, 1.82) is 0 Å². The van der Waals surface area contributed by atoms with E-state index in [-0.39, 0.29) is 5.91 Å². The van der Waals surface area contributed by atoms with Crippen molar-refractivity contribution in [3.05, 3.63) is 41.3 Å². The number of nitrogens with one attached hydrogen (secondary N) is 2. The number of aryl methyl sites for hydroxylation is 2. The summed E-state index contributed by atoms with van der Waals surface area (Å²) in [4.78, 5) is 24.4. The van der Waals surface area contributed by atoms with Gasteiger partial charge in [-0.1, -0.05) is 0 Å². The monoisotopic (exact) mass is 257 g/mol. The molecule has 19 heavy (non-hydrogen) atoms. The molecule has 6 nitrogen and oxygen atoms in total. The van der Waals surface area contributed by atoms with E-state index in [0.29, 0.717) is 17.3 Å². The molecule has 0 spiro atoms. The van der Waals surface area contributed by atoms with Gasteiger partial charge in [0.25, 0.3) is 5.91 Å². The number of hydrogen-bond acceptors (Lipinski definition) is 5. The highest BCUT2D eigenvalue weighted by Gasteiger charge is 2.09. The van der Waals surface area contributed by atoms with Crippen LogP contribution in [0.4, 0.5) is 11.8 Å². The number of carbonyl (C=O) groups is 1. The molecule has 0 fully saturated rings. The fourth-order valence-corrected chi connectivity index (χ4v) is 1.66. The standard InChI is InChI=1S/C13H15N5O/c1-8-6-9(2)17-13(16-8)18-12(19)10-4-5-15-11(7-10)14-3/h4-7H,1-3H3,(H,14,15)(H,16,17,18,19). The van der Waals surface area contributed by atoms with E-state index >= 15 is 0 Å². The normalized spacial score (nSPS) is 10.1. The van der Waals surface area contributed by atoms with Gasteiger partial charge in [0.15, 0.2) is 0 Å². The molecule has 0 atom stereocenters. The fourth-order valence-electron chi connectivity index (χ4n) is 1.66. The Kier molecular flexibility index (Phi) is 3.70. The van der Waals surface area contributed by atoms with Crippen molar-refractivity contribution in [3.63, 3.8) is 0 Å². The van der Waals surface area contributed by atoms with Gasteiger partial charge in [0, 0.05) is 30.2 Å². The van der Waals surface area contributed by atoms with E-state index in [1.54, 1.807) is 25.4 Å². The predicted molar refractivity (Wildman–Crippen MR) is 73.2 cm³/mol. The third-order valence-electron chi connectivity index (χ3n) is 2.49. The number of carbonyl (C=O) groups excluding carboxylic acids is 1. The maximum atomic E-state index is 12.1. The lowest BCUT2D eigenvalue weighted by Gasteiger charge is -2.06. The van der Waals surface area contributed by atoms with E-state index in [2.05, 4.69) is 25.6 Å². The van der Waals surface area contributed by atoms with Gasteiger partial charge in [-0.3, -0.25) is 10.1 Å². The van der Waals surface area contributed by atoms with Gasteiger partial charge in [-0.2, -0.15) is 0 Å². The SMILES string of the molecule is CNc1cc(C(=O)Nc2nc(C)cc(C)n2)ccn1. The Morgan fingerprint density at radius 3 is 2.47 bits per heavy atom. The first-order valence-electron chi connectivity index (χ1n) is 5.86. The van der Waals surface area contributed by atoms with E-state index in [9.17, 15) is 4.79 Å². The second kappa shape index (κ2) is 5.43. The van der Waals surface area contributed by atoms with Crippen LogP contribution in [-0.2, 0) is 0 Å². The molecule has 0 aromatic carbocycles. The van der Waals surface area contributed by atoms with Crippen molar-refractivity contribution >= 4 is 17.7 Å². The highest BCUT2D eigenvalue weighted by molar-refractivity contribution is 6.03. The van der Waals surface area contributed by atoms with Crippen molar-refractivity contribution < 1.29 is 4.79 Å². The van der Waals surface area contributed by atoms with E-state index < -0.39 is 0 Å². The number of nitrogens with zero attached hydrogens (tertiary/aromatic N) is 3. The van der Waals surface area contributed by atoms with Crippen LogP contribution >= 0.6 is 0 Å². The van der Waals surface area contributed by atoms with Crippen molar-refractivity contribution in [1.82, 2.24) is 15.0 Å². The van der Waals surface area contributed by atoms with Crippen LogP contribution in [0.1, 0.15) is 21.7 Å². The van der Waals surface area contributed by atoms with Crippen molar-refractivity contribution in [2.75, 3.05) is 17.7 Å². The topological polar surface area (TPSA) is 79.8 Å². The van der Waals surface area contributed by atoms with Crippen molar-refractivity contribution in [2.45, 2.75) is 13.8 Å². The van der Waals surface area contributed by atoms with E-state index in [1.165, 1.54) is 0 Å². The van der Waals surface area contributed by atoms with E-state index in [4.69, 9.17) is 0 Å². The number of pyridine rings is 1. The van der Waals surface area contributed by atoms with E-state index in [1.807, 2.05) is 19.9 Å². The minimum atomic E-state index is -0.260. The number of hydrogen-bond donors (Lipinski definition) is 2. The summed E-state index contributed by atoms with van der Waals surface area (Å²) in [6, 6.07) is 5.15. The molecule has 2 aromatic rings. The van der Waals surface area contributed by atoms with Gasteiger partial charge in [-0.25, -0.2) is 15.0 Å². The lowest BCUT2D eigenvalue weighted by molar-refractivity contribution is 0.102. The predicted octanol–water partition coefficient (Wildman–Crippen LogP) is 1.78. The minimum absolute atomic E-state index is 0.260. The van der Waals surface area contributed by atoms with Gasteiger partial charge in [0.1, 0.15) is 5.82 Å². The summed E-state index contributed by atoms with van der Waals surface area (Å²) in [6.07, 6.45) is 1.57. The molecule has 0 bridgehead atoms. The van der Waals surface area contributed by atoms with Gasteiger partial charge in [-0.15, -0.1) is 0 Å². The number of rotatable bonds is 3. The third-order valence-corrected chi connectivity index (χ3v) is 2.49. The zero-order chi connectivity index (χ0) is 13.8. The van der Waals surface area contributed by atoms with Gasteiger partial charge in [0.05, 0.1) is 0 Å². The lowest BCUT2D eigenvalue weighted by Crippen LogP contribution is -2.15. The van der Waals surface area contributed by atoms with Gasteiger partial charge in [0.2, 0.25) is 5.95 Å². The van der Waals surface area contributed by atoms with Gasteiger partial charge >= 0.3 is 0 Å². The van der Waals surface area contributed by atoms with Gasteiger partial charge < -0.3 is 5.32 Å². The largest absolute Gasteiger partial charge is 0.373 e. The zero-order valence-electron chi connectivity index (χ0n) is 11.1. The molecule has 0 saturated heterocycles. The molecular formula is C13H15N5O. The summed E-state index contributed by atoms with van der Waals surface area (Å²) in [7, 11) is 1.75. The zero-order valence-corrected chi connectivity index (χ0v) is 11.1. The van der Waals surface area contributed by atoms with E-state index in [0.717, 1.165) is 11.4 Å². The van der Waals surface area contributed by atoms with Gasteiger partial charge in [-0.05, 0) is 32.0 Å². The number of amides is 1. The van der Waals surface area contributed by atoms with Crippen LogP contribution < -0.4 is 10.6 Å². The van der Waals surface area contributed by atoms with Crippen LogP contribution in [0, 0.1) is 13.8 Å². The highest BCUT2D eigenvalue weighted by atomic mass is 16.1. The molecule has 0 aliphatic rings. The smallest absolute Gasteiger partial charge is 0.258 e. The average molecular weight is 257 g/mol. The molecule has 2 heterocycles. The molecule has 0 unspecified atom stereocenters. The fraction of sp³-hybridized carbons (Fsp3) is 0.231. The Morgan fingerprint density at radius 2 is 1.84 bits per heavy atom. The third kappa shape index (κ3) is 3.25. The second-order valence-corrected chi connectivity index (χ2v) is 4.11. The van der Waals surface area contributed by atoms with Crippen molar-refractivity contribution in [3.8, 4) is 0 Å². The molecule has 98 valence electrons. The van der Waals surface area contributed by atoms with Crippen LogP contribution in [0.2, 0.25) is 0 Å². The molecule has 1 amide bonds. The Morgan fingerprint density at radius 1 is 1.16 bits per heavy atom. The van der Waals surface area contributed by atoms with Crippen LogP contribution in [0.15, 0.2) is 24.4 Å². The Hall–Kier alpha value is -2.50. The first-order valence-corrected chi connectivity index (χ1v) is 5.86. The van der Waals surface area contributed by atoms with Crippen LogP contribution in [-0.4, -0.2) is 27.9 Å². The molecule has 0 aliphatic carbocycles. The molecule has 6 heteroatoms. The summed E-state index contributed by atoms with van der Waals surface area (Å²) in [6.45, 7) is 3.71. The Labute approximate surface area is 111 Å². The summed E-state index contributed by atoms with van der Waals surface area (Å²) < 4.78 is 0. The molecule has 0 aliphatic heterocycles. The second-order valence-electron chi connectivity index (χ2n) is 4.11. The summed E-state index contributed by atoms with van der Waals surface area (Å²) in [5, 5.41) is 5.56. The number of anilines is 2. The summed E-state index contributed by atoms with van der Waals surface area (Å²) >= 11 is 0. The maximum Gasteiger partial charge on any atom is 0.258 e. The maximum absolute atomic E-state index is 12.1. The van der Waals surface area contributed by atoms with Crippen LogP contribution in [0.5, 0.6) is 0 Å². The molecule has 0 radical (unpaired) electrons. The first-order chi connectivity index (χ1) is 9.08. The quantitative estimate of drug-likeness (QED) is 0.876. The first kappa shape index (κ1) is 12.9. The molecule has 2 N–H and O–H groups in total. The number of aromatic nitrogens is 3. The van der Waals surface area contributed by atoms with Crippen LogP contribution in [0.25, 0.3) is 0 Å². The molecule has 0 saturated carbocycles. The van der Waals surface area contributed by atoms with Crippen molar-refractivity contribution in [2.24, 2.45) is 0 Å². The molecular weight excluding hydrogens is 242 g/mol. The summed E-state index contributed by atoms with van der Waals surface area (Å²) in [5.41, 5.74) is 2.13. The average Bonchev–Trinajstić information content (AvgIpc) is 2.37. The molecule has 2 aromatic heterocycles.